The maximum atomic E-state index is 13.1. The molecule has 1 aliphatic rings. The maximum absolute atomic E-state index is 13.1. The summed E-state index contributed by atoms with van der Waals surface area (Å²) in [4.78, 5) is 39.9. The Morgan fingerprint density at radius 2 is 1.85 bits per heavy atom. The normalized spacial score (nSPS) is 16.5. The number of aliphatic carboxylic acids is 1. The van der Waals surface area contributed by atoms with E-state index in [2.05, 4.69) is 4.90 Å². The van der Waals surface area contributed by atoms with Gasteiger partial charge in [-0.15, -0.1) is 0 Å². The van der Waals surface area contributed by atoms with Gasteiger partial charge in [-0.25, -0.2) is 4.39 Å². The van der Waals surface area contributed by atoms with Crippen LogP contribution < -0.4 is 4.74 Å². The molecule has 1 amide bonds. The summed E-state index contributed by atoms with van der Waals surface area (Å²) in [6.45, 7) is 4.25. The van der Waals surface area contributed by atoms with Crippen LogP contribution in [0, 0.1) is 5.82 Å². The summed E-state index contributed by atoms with van der Waals surface area (Å²) in [6.07, 6.45) is -0.490. The molecule has 1 fully saturated rings. The van der Waals surface area contributed by atoms with E-state index in [-0.39, 0.29) is 48.5 Å². The molecule has 0 bridgehead atoms. The maximum Gasteiger partial charge on any atom is 0.303 e. The van der Waals surface area contributed by atoms with Gasteiger partial charge in [0.05, 0.1) is 12.0 Å². The number of nitrogens with zero attached hydrogens (tertiary/aromatic N) is 2. The number of Topliss-reactive ketones (excluding diaryl/α,β-unsaturated/α-hetero) is 1. The van der Waals surface area contributed by atoms with Gasteiger partial charge in [0.1, 0.15) is 11.6 Å². The first-order chi connectivity index (χ1) is 15.7. The first-order valence-electron chi connectivity index (χ1n) is 10.7. The number of carboxylic acid groups (broad SMARTS) is 1. The van der Waals surface area contributed by atoms with Gasteiger partial charge in [-0.1, -0.05) is 23.7 Å². The van der Waals surface area contributed by atoms with Gasteiger partial charge in [0.25, 0.3) is 5.91 Å². The highest BCUT2D eigenvalue weighted by molar-refractivity contribution is 6.31. The van der Waals surface area contributed by atoms with Crippen molar-refractivity contribution in [3.63, 3.8) is 0 Å². The topological polar surface area (TPSA) is 87.2 Å². The average molecular weight is 477 g/mol. The van der Waals surface area contributed by atoms with Gasteiger partial charge in [-0.2, -0.15) is 0 Å². The molecule has 9 heteroatoms. The van der Waals surface area contributed by atoms with Crippen molar-refractivity contribution >= 4 is 29.3 Å². The number of halogens is 2. The van der Waals surface area contributed by atoms with E-state index >= 15 is 0 Å². The smallest absolute Gasteiger partial charge is 0.303 e. The van der Waals surface area contributed by atoms with Crippen LogP contribution in [0.2, 0.25) is 5.02 Å². The summed E-state index contributed by atoms with van der Waals surface area (Å²) in [5.74, 6) is -1.76. The summed E-state index contributed by atoms with van der Waals surface area (Å²) in [6, 6.07) is 10.8. The van der Waals surface area contributed by atoms with Crippen LogP contribution in [-0.4, -0.2) is 64.8 Å². The Bertz CT molecular complexity index is 1010. The molecule has 3 rings (SSSR count). The zero-order valence-corrected chi connectivity index (χ0v) is 19.1. The molecule has 176 valence electrons. The summed E-state index contributed by atoms with van der Waals surface area (Å²) in [5.41, 5.74) is 1.17. The molecule has 1 aliphatic heterocycles. The molecule has 0 aromatic heterocycles. The van der Waals surface area contributed by atoms with Gasteiger partial charge in [-0.3, -0.25) is 19.3 Å². The molecule has 33 heavy (non-hydrogen) atoms. The second kappa shape index (κ2) is 11.2. The van der Waals surface area contributed by atoms with Crippen molar-refractivity contribution in [3.8, 4) is 5.75 Å². The Hall–Kier alpha value is -2.97. The Balaban J connectivity index is 1.56. The van der Waals surface area contributed by atoms with E-state index in [9.17, 15) is 18.8 Å². The number of piperazine rings is 1. The zero-order chi connectivity index (χ0) is 24.0. The number of hydrogen-bond acceptors (Lipinski definition) is 5. The third kappa shape index (κ3) is 7.00. The highest BCUT2D eigenvalue weighted by Gasteiger charge is 2.28. The number of carbonyl (C=O) groups excluding carboxylic acids is 2. The molecule has 0 aliphatic carbocycles. The molecule has 1 heterocycles. The Labute approximate surface area is 196 Å². The lowest BCUT2D eigenvalue weighted by Gasteiger charge is -2.39. The number of hydrogen-bond donors (Lipinski definition) is 1. The lowest BCUT2D eigenvalue weighted by molar-refractivity contribution is -0.138. The summed E-state index contributed by atoms with van der Waals surface area (Å²) >= 11 is 5.98. The molecule has 0 spiro atoms. The van der Waals surface area contributed by atoms with E-state index in [4.69, 9.17) is 21.4 Å². The molecule has 2 aromatic rings. The SMILES string of the molecule is C[C@@H]1CN(Cc2ccc(F)cc2)CCN1C(=O)COc1ccc(Cl)cc1C(=O)CCC(=O)O. The van der Waals surface area contributed by atoms with Crippen LogP contribution in [0.3, 0.4) is 0 Å². The average Bonchev–Trinajstić information content (AvgIpc) is 2.78. The van der Waals surface area contributed by atoms with Crippen molar-refractivity contribution in [2.45, 2.75) is 32.4 Å². The molecule has 0 unspecified atom stereocenters. The van der Waals surface area contributed by atoms with Crippen LogP contribution in [0.4, 0.5) is 4.39 Å². The molecular formula is C24H26ClFN2O5. The fourth-order valence-electron chi connectivity index (χ4n) is 3.82. The second-order valence-corrected chi connectivity index (χ2v) is 8.48. The number of benzene rings is 2. The fourth-order valence-corrected chi connectivity index (χ4v) is 3.99. The molecule has 0 saturated carbocycles. The van der Waals surface area contributed by atoms with Crippen LogP contribution in [0.1, 0.15) is 35.7 Å². The van der Waals surface area contributed by atoms with Crippen LogP contribution in [-0.2, 0) is 16.1 Å². The van der Waals surface area contributed by atoms with E-state index in [1.807, 2.05) is 6.92 Å². The van der Waals surface area contributed by atoms with Crippen LogP contribution >= 0.6 is 11.6 Å². The van der Waals surface area contributed by atoms with E-state index in [0.717, 1.165) is 5.56 Å². The molecule has 1 N–H and O–H groups in total. The zero-order valence-electron chi connectivity index (χ0n) is 18.3. The Kier molecular flexibility index (Phi) is 8.41. The minimum absolute atomic E-state index is 0.0443. The first-order valence-corrected chi connectivity index (χ1v) is 11.0. The van der Waals surface area contributed by atoms with E-state index < -0.39 is 11.8 Å². The Morgan fingerprint density at radius 3 is 2.52 bits per heavy atom. The summed E-state index contributed by atoms with van der Waals surface area (Å²) in [5, 5.41) is 9.13. The van der Waals surface area contributed by atoms with Gasteiger partial charge >= 0.3 is 5.97 Å². The van der Waals surface area contributed by atoms with Crippen molar-refractivity contribution in [3.05, 3.63) is 64.4 Å². The number of ether oxygens (including phenoxy) is 1. The lowest BCUT2D eigenvalue weighted by Crippen LogP contribution is -2.54. The minimum atomic E-state index is -1.07. The predicted octanol–water partition coefficient (Wildman–Crippen LogP) is 3.64. The molecule has 7 nitrogen and oxygen atoms in total. The molecule has 1 saturated heterocycles. The molecule has 0 radical (unpaired) electrons. The first kappa shape index (κ1) is 24.7. The van der Waals surface area contributed by atoms with Gasteiger partial charge in [-0.05, 0) is 42.8 Å². The number of amides is 1. The quantitative estimate of drug-likeness (QED) is 0.556. The number of carboxylic acids is 1. The van der Waals surface area contributed by atoms with Crippen LogP contribution in [0.15, 0.2) is 42.5 Å². The highest BCUT2D eigenvalue weighted by atomic mass is 35.5. The molecule has 2 aromatic carbocycles. The predicted molar refractivity (Wildman–Crippen MR) is 121 cm³/mol. The lowest BCUT2D eigenvalue weighted by atomic mass is 10.1. The van der Waals surface area contributed by atoms with Crippen molar-refractivity contribution < 1.29 is 28.6 Å². The summed E-state index contributed by atoms with van der Waals surface area (Å²) < 4.78 is 18.8. The van der Waals surface area contributed by atoms with Crippen LogP contribution in [0.25, 0.3) is 0 Å². The summed E-state index contributed by atoms with van der Waals surface area (Å²) in [7, 11) is 0. The van der Waals surface area contributed by atoms with E-state index in [0.29, 0.717) is 31.2 Å². The fraction of sp³-hybridized carbons (Fsp3) is 0.375. The number of ketones is 1. The molecular weight excluding hydrogens is 451 g/mol. The second-order valence-electron chi connectivity index (χ2n) is 8.04. The van der Waals surface area contributed by atoms with Crippen molar-refractivity contribution in [1.82, 2.24) is 9.80 Å². The van der Waals surface area contributed by atoms with Gasteiger partial charge in [0.2, 0.25) is 0 Å². The van der Waals surface area contributed by atoms with Crippen LogP contribution in [0.5, 0.6) is 5.75 Å². The van der Waals surface area contributed by atoms with E-state index in [1.54, 1.807) is 23.1 Å². The van der Waals surface area contributed by atoms with Gasteiger partial charge < -0.3 is 14.7 Å². The van der Waals surface area contributed by atoms with Crippen molar-refractivity contribution in [1.29, 1.82) is 0 Å². The Morgan fingerprint density at radius 1 is 1.12 bits per heavy atom. The molecule has 1 atom stereocenters. The van der Waals surface area contributed by atoms with E-state index in [1.165, 1.54) is 24.3 Å². The van der Waals surface area contributed by atoms with Gasteiger partial charge in [0.15, 0.2) is 12.4 Å². The number of rotatable bonds is 9. The monoisotopic (exact) mass is 476 g/mol. The van der Waals surface area contributed by atoms with Gasteiger partial charge in [0, 0.05) is 43.7 Å². The van der Waals surface area contributed by atoms with Crippen molar-refractivity contribution in [2.24, 2.45) is 0 Å². The minimum Gasteiger partial charge on any atom is -0.483 e. The van der Waals surface area contributed by atoms with Crippen molar-refractivity contribution in [2.75, 3.05) is 26.2 Å². The largest absolute Gasteiger partial charge is 0.483 e. The number of carbonyl (C=O) groups is 3. The third-order valence-corrected chi connectivity index (χ3v) is 5.75. The third-order valence-electron chi connectivity index (χ3n) is 5.51. The standard InChI is InChI=1S/C24H26ClFN2O5/c1-16-13-27(14-17-2-5-19(26)6-3-17)10-11-28(16)23(30)15-33-22-8-4-18(25)12-20(22)21(29)7-9-24(31)32/h2-6,8,12,16H,7,9-11,13-15H2,1H3,(H,31,32)/t16-/m1/s1. The highest BCUT2D eigenvalue weighted by Crippen LogP contribution is 2.25.